The Morgan fingerprint density at radius 2 is 1.67 bits per heavy atom. The first-order valence-electron chi connectivity index (χ1n) is 7.98. The minimum absolute atomic E-state index is 0.181. The number of fused-ring (bicyclic) bond motifs is 1. The first-order valence-corrected chi connectivity index (χ1v) is 8.86. The Hall–Kier alpha value is -2.49. The summed E-state index contributed by atoms with van der Waals surface area (Å²) in [7, 11) is 0. The second-order valence-electron chi connectivity index (χ2n) is 5.99. The highest BCUT2D eigenvalue weighted by Crippen LogP contribution is 2.32. The molecule has 118 valence electrons. The van der Waals surface area contributed by atoms with E-state index in [1.54, 1.807) is 11.3 Å². The van der Waals surface area contributed by atoms with Crippen LogP contribution in [0.15, 0.2) is 72.1 Å². The third kappa shape index (κ3) is 2.73. The Bertz CT molecular complexity index is 981. The van der Waals surface area contributed by atoms with E-state index >= 15 is 0 Å². The fraction of sp³-hybridized carbons (Fsp3) is 0.0952. The summed E-state index contributed by atoms with van der Waals surface area (Å²) in [5.41, 5.74) is 10.9. The first kappa shape index (κ1) is 15.1. The van der Waals surface area contributed by atoms with Crippen LogP contribution < -0.4 is 5.73 Å². The molecule has 24 heavy (non-hydrogen) atoms. The van der Waals surface area contributed by atoms with Gasteiger partial charge in [-0.3, -0.25) is 0 Å². The van der Waals surface area contributed by atoms with Crippen molar-refractivity contribution in [3.63, 3.8) is 0 Å². The van der Waals surface area contributed by atoms with Crippen molar-refractivity contribution in [3.8, 4) is 11.3 Å². The second-order valence-corrected chi connectivity index (χ2v) is 6.88. The van der Waals surface area contributed by atoms with Crippen LogP contribution in [0.1, 0.15) is 22.2 Å². The normalized spacial score (nSPS) is 12.4. The van der Waals surface area contributed by atoms with Crippen molar-refractivity contribution < 1.29 is 0 Å². The third-order valence-corrected chi connectivity index (χ3v) is 5.22. The molecule has 2 nitrogen and oxygen atoms in total. The molecule has 0 saturated carbocycles. The van der Waals surface area contributed by atoms with Gasteiger partial charge in [-0.15, -0.1) is 11.3 Å². The molecule has 0 aliphatic rings. The predicted molar refractivity (Wildman–Crippen MR) is 102 cm³/mol. The van der Waals surface area contributed by atoms with Crippen LogP contribution in [0.3, 0.4) is 0 Å². The number of nitrogens with zero attached hydrogens (tertiary/aromatic N) is 1. The quantitative estimate of drug-likeness (QED) is 0.552. The smallest absolute Gasteiger partial charge is 0.115 e. The van der Waals surface area contributed by atoms with E-state index in [-0.39, 0.29) is 6.04 Å². The molecule has 4 rings (SSSR count). The molecule has 3 aromatic carbocycles. The standard InChI is InChI=1S/C21H18N2S/c1-14-9-11-16(12-10-14)20(22)21-23-19(13-24-21)18-8-4-6-15-5-2-3-7-17(15)18/h2-13,20H,22H2,1H3. The molecular formula is C21H18N2S. The maximum atomic E-state index is 6.42. The average Bonchev–Trinajstić information content (AvgIpc) is 3.11. The van der Waals surface area contributed by atoms with Crippen molar-refractivity contribution >= 4 is 22.1 Å². The van der Waals surface area contributed by atoms with Gasteiger partial charge < -0.3 is 5.73 Å². The number of rotatable bonds is 3. The number of benzene rings is 3. The van der Waals surface area contributed by atoms with Crippen molar-refractivity contribution in [2.24, 2.45) is 5.73 Å². The third-order valence-electron chi connectivity index (χ3n) is 4.29. The van der Waals surface area contributed by atoms with E-state index in [9.17, 15) is 0 Å². The summed E-state index contributed by atoms with van der Waals surface area (Å²) in [5, 5.41) is 5.50. The molecule has 1 atom stereocenters. The lowest BCUT2D eigenvalue weighted by molar-refractivity contribution is 0.858. The van der Waals surface area contributed by atoms with E-state index in [4.69, 9.17) is 10.7 Å². The molecule has 1 aromatic heterocycles. The van der Waals surface area contributed by atoms with Crippen LogP contribution >= 0.6 is 11.3 Å². The summed E-state index contributed by atoms with van der Waals surface area (Å²) in [6, 6.07) is 22.9. The fourth-order valence-corrected chi connectivity index (χ4v) is 3.77. The van der Waals surface area contributed by atoms with Gasteiger partial charge in [-0.25, -0.2) is 4.98 Å². The molecule has 0 bridgehead atoms. The molecule has 0 aliphatic carbocycles. The monoisotopic (exact) mass is 330 g/mol. The summed E-state index contributed by atoms with van der Waals surface area (Å²) in [4.78, 5) is 4.82. The van der Waals surface area contributed by atoms with Crippen molar-refractivity contribution in [2.45, 2.75) is 13.0 Å². The van der Waals surface area contributed by atoms with E-state index in [0.717, 1.165) is 21.8 Å². The zero-order valence-electron chi connectivity index (χ0n) is 13.4. The fourth-order valence-electron chi connectivity index (χ4n) is 2.92. The molecule has 2 N–H and O–H groups in total. The van der Waals surface area contributed by atoms with E-state index in [1.807, 2.05) is 0 Å². The molecule has 0 fully saturated rings. The van der Waals surface area contributed by atoms with Gasteiger partial charge in [0.05, 0.1) is 11.7 Å². The molecule has 0 spiro atoms. The first-order chi connectivity index (χ1) is 11.7. The summed E-state index contributed by atoms with van der Waals surface area (Å²) >= 11 is 1.62. The van der Waals surface area contributed by atoms with Crippen LogP contribution in [0, 0.1) is 6.92 Å². The Balaban J connectivity index is 1.73. The SMILES string of the molecule is Cc1ccc(C(N)c2nc(-c3cccc4ccccc34)cs2)cc1. The molecule has 1 unspecified atom stereocenters. The largest absolute Gasteiger partial charge is 0.318 e. The van der Waals surface area contributed by atoms with E-state index in [1.165, 1.54) is 16.3 Å². The van der Waals surface area contributed by atoms with Crippen molar-refractivity contribution in [1.82, 2.24) is 4.98 Å². The lowest BCUT2D eigenvalue weighted by Crippen LogP contribution is -2.11. The topological polar surface area (TPSA) is 38.9 Å². The van der Waals surface area contributed by atoms with Gasteiger partial charge >= 0.3 is 0 Å². The molecule has 3 heteroatoms. The summed E-state index contributed by atoms with van der Waals surface area (Å²) < 4.78 is 0. The molecule has 0 amide bonds. The maximum absolute atomic E-state index is 6.42. The van der Waals surface area contributed by atoms with Gasteiger partial charge in [0, 0.05) is 10.9 Å². The highest BCUT2D eigenvalue weighted by molar-refractivity contribution is 7.10. The number of nitrogens with two attached hydrogens (primary N) is 1. The Labute approximate surface area is 145 Å². The number of hydrogen-bond donors (Lipinski definition) is 1. The summed E-state index contributed by atoms with van der Waals surface area (Å²) in [6.45, 7) is 2.08. The van der Waals surface area contributed by atoms with Gasteiger partial charge in [-0.2, -0.15) is 0 Å². The van der Waals surface area contributed by atoms with Gasteiger partial charge in [0.25, 0.3) is 0 Å². The highest BCUT2D eigenvalue weighted by Gasteiger charge is 2.15. The molecule has 0 saturated heterocycles. The molecule has 1 heterocycles. The van der Waals surface area contributed by atoms with Crippen molar-refractivity contribution in [3.05, 3.63) is 88.2 Å². The zero-order valence-corrected chi connectivity index (χ0v) is 14.3. The maximum Gasteiger partial charge on any atom is 0.115 e. The molecule has 0 aliphatic heterocycles. The molecule has 0 radical (unpaired) electrons. The van der Waals surface area contributed by atoms with Crippen LogP contribution in [-0.4, -0.2) is 4.98 Å². The van der Waals surface area contributed by atoms with E-state index < -0.39 is 0 Å². The number of aryl methyl sites for hydroxylation is 1. The van der Waals surface area contributed by atoms with Gasteiger partial charge in [-0.1, -0.05) is 72.3 Å². The van der Waals surface area contributed by atoms with Gasteiger partial charge in [0.2, 0.25) is 0 Å². The van der Waals surface area contributed by atoms with Crippen molar-refractivity contribution in [1.29, 1.82) is 0 Å². The molecular weight excluding hydrogens is 312 g/mol. The minimum Gasteiger partial charge on any atom is -0.318 e. The Morgan fingerprint density at radius 1 is 0.917 bits per heavy atom. The number of hydrogen-bond acceptors (Lipinski definition) is 3. The minimum atomic E-state index is -0.181. The van der Waals surface area contributed by atoms with Crippen LogP contribution in [0.2, 0.25) is 0 Å². The van der Waals surface area contributed by atoms with E-state index in [0.29, 0.717) is 0 Å². The predicted octanol–water partition coefficient (Wildman–Crippen LogP) is 5.32. The summed E-state index contributed by atoms with van der Waals surface area (Å²) in [6.07, 6.45) is 0. The van der Waals surface area contributed by atoms with Gasteiger partial charge in [0.1, 0.15) is 5.01 Å². The molecule has 4 aromatic rings. The van der Waals surface area contributed by atoms with Crippen molar-refractivity contribution in [2.75, 3.05) is 0 Å². The van der Waals surface area contributed by atoms with Crippen LogP contribution in [0.4, 0.5) is 0 Å². The van der Waals surface area contributed by atoms with Gasteiger partial charge in [-0.05, 0) is 23.3 Å². The Morgan fingerprint density at radius 3 is 2.50 bits per heavy atom. The second kappa shape index (κ2) is 6.19. The zero-order chi connectivity index (χ0) is 16.5. The number of aromatic nitrogens is 1. The number of thiazole rings is 1. The van der Waals surface area contributed by atoms with Crippen LogP contribution in [-0.2, 0) is 0 Å². The van der Waals surface area contributed by atoms with E-state index in [2.05, 4.69) is 79.0 Å². The lowest BCUT2D eigenvalue weighted by atomic mass is 10.0. The average molecular weight is 330 g/mol. The van der Waals surface area contributed by atoms with Crippen LogP contribution in [0.25, 0.3) is 22.0 Å². The highest BCUT2D eigenvalue weighted by atomic mass is 32.1. The van der Waals surface area contributed by atoms with Gasteiger partial charge in [0.15, 0.2) is 0 Å². The Kier molecular flexibility index (Phi) is 3.89. The lowest BCUT2D eigenvalue weighted by Gasteiger charge is -2.09. The van der Waals surface area contributed by atoms with Crippen LogP contribution in [0.5, 0.6) is 0 Å². The summed E-state index contributed by atoms with van der Waals surface area (Å²) in [5.74, 6) is 0.